The van der Waals surface area contributed by atoms with Gasteiger partial charge in [0.15, 0.2) is 0 Å². The second kappa shape index (κ2) is 5.45. The quantitative estimate of drug-likeness (QED) is 0.601. The summed E-state index contributed by atoms with van der Waals surface area (Å²) in [6.45, 7) is 2.22. The van der Waals surface area contributed by atoms with Crippen molar-refractivity contribution in [3.8, 4) is 0 Å². The summed E-state index contributed by atoms with van der Waals surface area (Å²) >= 11 is 5.80. The third kappa shape index (κ3) is 3.62. The Morgan fingerprint density at radius 1 is 1.57 bits per heavy atom. The number of rotatable bonds is 3. The predicted molar refractivity (Wildman–Crippen MR) is 58.8 cm³/mol. The zero-order chi connectivity index (χ0) is 10.4. The highest BCUT2D eigenvalue weighted by molar-refractivity contribution is 6.30. The van der Waals surface area contributed by atoms with Gasteiger partial charge in [-0.15, -0.1) is 0 Å². The molecule has 3 heteroatoms. The lowest BCUT2D eigenvalue weighted by atomic mass is 10.2. The van der Waals surface area contributed by atoms with Crippen LogP contribution in [0.4, 0.5) is 0 Å². The largest absolute Gasteiger partial charge is 0.473 e. The lowest BCUT2D eigenvalue weighted by Crippen LogP contribution is -1.99. The van der Waals surface area contributed by atoms with Gasteiger partial charge in [-0.05, 0) is 30.7 Å². The number of allylic oxidation sites excluding steroid dienone is 1. The van der Waals surface area contributed by atoms with Crippen LogP contribution in [-0.2, 0) is 11.3 Å². The lowest BCUT2D eigenvalue weighted by Gasteiger charge is -2.04. The highest BCUT2D eigenvalue weighted by Crippen LogP contribution is 2.11. The van der Waals surface area contributed by atoms with E-state index in [1.165, 1.54) is 0 Å². The average Bonchev–Trinajstić information content (AvgIpc) is 2.15. The molecule has 1 N–H and O–H groups in total. The predicted octanol–water partition coefficient (Wildman–Crippen LogP) is 3.41. The Hall–Kier alpha value is -1.28. The first-order chi connectivity index (χ1) is 6.72. The van der Waals surface area contributed by atoms with E-state index in [4.69, 9.17) is 21.7 Å². The summed E-state index contributed by atoms with van der Waals surface area (Å²) in [7, 11) is 0. The van der Waals surface area contributed by atoms with Crippen LogP contribution in [0.1, 0.15) is 12.5 Å². The first kappa shape index (κ1) is 10.8. The van der Waals surface area contributed by atoms with Gasteiger partial charge in [0.1, 0.15) is 6.61 Å². The minimum absolute atomic E-state index is 0.160. The molecule has 0 saturated carbocycles. The number of halogens is 1. The Morgan fingerprint density at radius 3 is 3.00 bits per heavy atom. The molecule has 0 amide bonds. The molecule has 0 aliphatic rings. The maximum absolute atomic E-state index is 7.35. The smallest absolute Gasteiger partial charge is 0.205 e. The van der Waals surface area contributed by atoms with Gasteiger partial charge in [-0.3, -0.25) is 5.41 Å². The van der Waals surface area contributed by atoms with E-state index in [1.807, 2.05) is 31.2 Å². The van der Waals surface area contributed by atoms with Crippen LogP contribution < -0.4 is 0 Å². The van der Waals surface area contributed by atoms with Crippen molar-refractivity contribution in [2.24, 2.45) is 0 Å². The zero-order valence-electron chi connectivity index (χ0n) is 7.96. The molecule has 1 rings (SSSR count). The second-order valence-electron chi connectivity index (χ2n) is 2.78. The van der Waals surface area contributed by atoms with Crippen LogP contribution in [0, 0.1) is 5.41 Å². The summed E-state index contributed by atoms with van der Waals surface area (Å²) in [6.07, 6.45) is 3.37. The second-order valence-corrected chi connectivity index (χ2v) is 3.22. The Kier molecular flexibility index (Phi) is 4.20. The van der Waals surface area contributed by atoms with Crippen molar-refractivity contribution in [2.45, 2.75) is 13.5 Å². The van der Waals surface area contributed by atoms with E-state index in [2.05, 4.69) is 0 Å². The number of benzene rings is 1. The highest BCUT2D eigenvalue weighted by atomic mass is 35.5. The summed E-state index contributed by atoms with van der Waals surface area (Å²) in [5.74, 6) is 0.160. The molecule has 0 bridgehead atoms. The topological polar surface area (TPSA) is 33.1 Å². The van der Waals surface area contributed by atoms with Crippen LogP contribution >= 0.6 is 11.6 Å². The summed E-state index contributed by atoms with van der Waals surface area (Å²) in [4.78, 5) is 0. The fourth-order valence-electron chi connectivity index (χ4n) is 0.987. The van der Waals surface area contributed by atoms with Crippen molar-refractivity contribution >= 4 is 17.5 Å². The monoisotopic (exact) mass is 209 g/mol. The minimum atomic E-state index is 0.160. The minimum Gasteiger partial charge on any atom is -0.473 e. The van der Waals surface area contributed by atoms with Gasteiger partial charge >= 0.3 is 0 Å². The van der Waals surface area contributed by atoms with Gasteiger partial charge < -0.3 is 4.74 Å². The zero-order valence-corrected chi connectivity index (χ0v) is 8.71. The molecule has 74 valence electrons. The summed E-state index contributed by atoms with van der Waals surface area (Å²) < 4.78 is 5.16. The van der Waals surface area contributed by atoms with Gasteiger partial charge in [0, 0.05) is 5.02 Å². The van der Waals surface area contributed by atoms with E-state index in [1.54, 1.807) is 12.2 Å². The molecule has 0 fully saturated rings. The maximum Gasteiger partial charge on any atom is 0.205 e. The van der Waals surface area contributed by atoms with Crippen molar-refractivity contribution in [3.63, 3.8) is 0 Å². The van der Waals surface area contributed by atoms with Gasteiger partial charge in [-0.1, -0.05) is 29.8 Å². The maximum atomic E-state index is 7.35. The molecule has 0 unspecified atom stereocenters. The van der Waals surface area contributed by atoms with E-state index in [0.717, 1.165) is 5.56 Å². The SMILES string of the molecule is C/C=C\C(=N)OCc1cccc(Cl)c1. The normalized spacial score (nSPS) is 10.4. The van der Waals surface area contributed by atoms with Crippen LogP contribution in [-0.4, -0.2) is 5.90 Å². The molecule has 1 aromatic rings. The highest BCUT2D eigenvalue weighted by Gasteiger charge is 1.95. The van der Waals surface area contributed by atoms with Crippen LogP contribution in [0.5, 0.6) is 0 Å². The molecular formula is C11H12ClNO. The molecule has 2 nitrogen and oxygen atoms in total. The number of hydrogen-bond acceptors (Lipinski definition) is 2. The molecule has 0 heterocycles. The number of nitrogens with one attached hydrogen (secondary N) is 1. The Bertz CT molecular complexity index is 347. The fraction of sp³-hybridized carbons (Fsp3) is 0.182. The number of ether oxygens (including phenoxy) is 1. The molecule has 0 saturated heterocycles. The van der Waals surface area contributed by atoms with Crippen molar-refractivity contribution in [1.29, 1.82) is 5.41 Å². The Balaban J connectivity index is 2.49. The molecule has 0 aliphatic heterocycles. The van der Waals surface area contributed by atoms with Gasteiger partial charge in [-0.25, -0.2) is 0 Å². The molecule has 0 atom stereocenters. The Morgan fingerprint density at radius 2 is 2.36 bits per heavy atom. The summed E-state index contributed by atoms with van der Waals surface area (Å²) in [5.41, 5.74) is 0.965. The summed E-state index contributed by atoms with van der Waals surface area (Å²) in [5, 5.41) is 8.03. The van der Waals surface area contributed by atoms with Crippen molar-refractivity contribution in [1.82, 2.24) is 0 Å². The van der Waals surface area contributed by atoms with Gasteiger partial charge in [0.2, 0.25) is 5.90 Å². The van der Waals surface area contributed by atoms with E-state index in [9.17, 15) is 0 Å². The molecule has 0 aromatic heterocycles. The molecule has 0 radical (unpaired) electrons. The first-order valence-corrected chi connectivity index (χ1v) is 4.68. The van der Waals surface area contributed by atoms with Crippen LogP contribution in [0.3, 0.4) is 0 Å². The van der Waals surface area contributed by atoms with E-state index < -0.39 is 0 Å². The van der Waals surface area contributed by atoms with Crippen LogP contribution in [0.2, 0.25) is 5.02 Å². The van der Waals surface area contributed by atoms with E-state index in [-0.39, 0.29) is 5.90 Å². The van der Waals surface area contributed by atoms with Gasteiger partial charge in [-0.2, -0.15) is 0 Å². The van der Waals surface area contributed by atoms with E-state index in [0.29, 0.717) is 11.6 Å². The molecule has 14 heavy (non-hydrogen) atoms. The van der Waals surface area contributed by atoms with Crippen molar-refractivity contribution in [3.05, 3.63) is 47.0 Å². The standard InChI is InChI=1S/C11H12ClNO/c1-2-4-11(13)14-8-9-5-3-6-10(12)7-9/h2-7,13H,8H2,1H3/b4-2-,13-11?. The average molecular weight is 210 g/mol. The molecular weight excluding hydrogens is 198 g/mol. The fourth-order valence-corrected chi connectivity index (χ4v) is 1.20. The Labute approximate surface area is 88.7 Å². The van der Waals surface area contributed by atoms with Crippen molar-refractivity contribution in [2.75, 3.05) is 0 Å². The van der Waals surface area contributed by atoms with Crippen LogP contribution in [0.25, 0.3) is 0 Å². The molecule has 0 spiro atoms. The van der Waals surface area contributed by atoms with Crippen molar-refractivity contribution < 1.29 is 4.74 Å². The molecule has 1 aromatic carbocycles. The van der Waals surface area contributed by atoms with Crippen LogP contribution in [0.15, 0.2) is 36.4 Å². The van der Waals surface area contributed by atoms with Gasteiger partial charge in [0.05, 0.1) is 0 Å². The molecule has 0 aliphatic carbocycles. The number of hydrogen-bond donors (Lipinski definition) is 1. The first-order valence-electron chi connectivity index (χ1n) is 4.31. The summed E-state index contributed by atoms with van der Waals surface area (Å²) in [6, 6.07) is 7.40. The van der Waals surface area contributed by atoms with Gasteiger partial charge in [0.25, 0.3) is 0 Å². The lowest BCUT2D eigenvalue weighted by molar-refractivity contribution is 0.292. The third-order valence-electron chi connectivity index (χ3n) is 1.60. The third-order valence-corrected chi connectivity index (χ3v) is 1.84. The van der Waals surface area contributed by atoms with E-state index >= 15 is 0 Å².